The van der Waals surface area contributed by atoms with Crippen molar-refractivity contribution in [2.45, 2.75) is 25.5 Å². The molecule has 122 valence electrons. The van der Waals surface area contributed by atoms with Gasteiger partial charge >= 0.3 is 5.97 Å². The van der Waals surface area contributed by atoms with E-state index in [1.54, 1.807) is 20.8 Å². The van der Waals surface area contributed by atoms with Crippen LogP contribution in [0.3, 0.4) is 0 Å². The van der Waals surface area contributed by atoms with Crippen molar-refractivity contribution in [3.05, 3.63) is 33.8 Å². The topological polar surface area (TPSA) is 101 Å². The molecule has 0 fully saturated rings. The van der Waals surface area contributed by atoms with E-state index in [2.05, 4.69) is 21.2 Å². The van der Waals surface area contributed by atoms with E-state index in [0.29, 0.717) is 4.47 Å². The van der Waals surface area contributed by atoms with Crippen LogP contribution >= 0.6 is 15.9 Å². The molecule has 1 aromatic rings. The van der Waals surface area contributed by atoms with Crippen LogP contribution in [0, 0.1) is 0 Å². The first kappa shape index (κ1) is 18.6. The monoisotopic (exact) mass is 391 g/mol. The zero-order chi connectivity index (χ0) is 17.1. The summed E-state index contributed by atoms with van der Waals surface area (Å²) < 4.78 is 23.4. The van der Waals surface area contributed by atoms with Crippen molar-refractivity contribution in [2.24, 2.45) is 0 Å². The van der Waals surface area contributed by atoms with E-state index in [0.717, 1.165) is 0 Å². The molecule has 1 aromatic carbocycles. The number of hydrogen-bond donors (Lipinski definition) is 2. The highest BCUT2D eigenvalue weighted by Crippen LogP contribution is 2.17. The number of nitrogens with one attached hydrogen (secondary N) is 1. The fourth-order valence-corrected chi connectivity index (χ4v) is 3.03. The summed E-state index contributed by atoms with van der Waals surface area (Å²) in [4.78, 5) is 22.9. The normalized spacial score (nSPS) is 12.0. The number of rotatable bonds is 5. The number of aromatic carboxylic acids is 1. The summed E-state index contributed by atoms with van der Waals surface area (Å²) in [6, 6.07) is 4.09. The van der Waals surface area contributed by atoms with Crippen molar-refractivity contribution in [3.63, 3.8) is 0 Å². The summed E-state index contributed by atoms with van der Waals surface area (Å²) in [7, 11) is -3.32. The second-order valence-electron chi connectivity index (χ2n) is 5.72. The SMILES string of the molecule is CC(C)(C)S(=O)(=O)CCNC(=O)c1cc(Br)cc(C(=O)O)c1. The summed E-state index contributed by atoms with van der Waals surface area (Å²) in [6.45, 7) is 4.75. The number of benzene rings is 1. The van der Waals surface area contributed by atoms with Crippen LogP contribution in [-0.4, -0.2) is 42.4 Å². The van der Waals surface area contributed by atoms with Crippen LogP contribution in [0.15, 0.2) is 22.7 Å². The van der Waals surface area contributed by atoms with Crippen LogP contribution in [0.1, 0.15) is 41.5 Å². The molecule has 0 unspecified atom stereocenters. The average molecular weight is 392 g/mol. The Labute approximate surface area is 138 Å². The lowest BCUT2D eigenvalue weighted by Crippen LogP contribution is -2.36. The molecule has 0 heterocycles. The lowest BCUT2D eigenvalue weighted by atomic mass is 10.1. The molecule has 0 radical (unpaired) electrons. The third-order valence-electron chi connectivity index (χ3n) is 3.00. The zero-order valence-electron chi connectivity index (χ0n) is 12.5. The predicted molar refractivity (Wildman–Crippen MR) is 87.0 cm³/mol. The van der Waals surface area contributed by atoms with Gasteiger partial charge in [-0.05, 0) is 39.0 Å². The molecule has 8 heteroatoms. The summed E-state index contributed by atoms with van der Waals surface area (Å²) in [5, 5.41) is 11.4. The van der Waals surface area contributed by atoms with Gasteiger partial charge in [0.05, 0.1) is 16.1 Å². The first-order valence-corrected chi connectivity index (χ1v) is 8.93. The highest BCUT2D eigenvalue weighted by atomic mass is 79.9. The van der Waals surface area contributed by atoms with Crippen molar-refractivity contribution in [3.8, 4) is 0 Å². The van der Waals surface area contributed by atoms with Gasteiger partial charge in [-0.15, -0.1) is 0 Å². The molecule has 0 saturated heterocycles. The summed E-state index contributed by atoms with van der Waals surface area (Å²) >= 11 is 3.14. The number of carbonyl (C=O) groups excluding carboxylic acids is 1. The van der Waals surface area contributed by atoms with E-state index in [9.17, 15) is 18.0 Å². The third-order valence-corrected chi connectivity index (χ3v) is 6.06. The maximum atomic E-state index is 12.0. The molecule has 22 heavy (non-hydrogen) atoms. The molecule has 0 atom stereocenters. The standard InChI is InChI=1S/C14H18BrNO5S/c1-14(2,3)22(20,21)5-4-16-12(17)9-6-10(13(18)19)8-11(15)7-9/h6-8H,4-5H2,1-3H3,(H,16,17)(H,18,19). The number of carbonyl (C=O) groups is 2. The summed E-state index contributed by atoms with van der Waals surface area (Å²) in [5.41, 5.74) is 0.127. The molecular formula is C14H18BrNO5S. The van der Waals surface area contributed by atoms with Crippen LogP contribution in [0.5, 0.6) is 0 Å². The van der Waals surface area contributed by atoms with Gasteiger partial charge in [-0.3, -0.25) is 4.79 Å². The van der Waals surface area contributed by atoms with Crippen LogP contribution < -0.4 is 5.32 Å². The number of carboxylic acid groups (broad SMARTS) is 1. The quantitative estimate of drug-likeness (QED) is 0.799. The Morgan fingerprint density at radius 3 is 2.23 bits per heavy atom. The first-order chi connectivity index (χ1) is 9.94. The second kappa shape index (κ2) is 6.78. The van der Waals surface area contributed by atoms with Gasteiger partial charge in [-0.2, -0.15) is 0 Å². The van der Waals surface area contributed by atoms with E-state index in [1.165, 1.54) is 18.2 Å². The van der Waals surface area contributed by atoms with Gasteiger partial charge in [0.15, 0.2) is 9.84 Å². The molecule has 1 rings (SSSR count). The van der Waals surface area contributed by atoms with Gasteiger partial charge in [-0.25, -0.2) is 13.2 Å². The molecule has 0 aliphatic heterocycles. The van der Waals surface area contributed by atoms with Crippen LogP contribution in [0.25, 0.3) is 0 Å². The minimum absolute atomic E-state index is 0.0261. The number of sulfone groups is 1. The predicted octanol–water partition coefficient (Wildman–Crippen LogP) is 2.09. The molecule has 0 aromatic heterocycles. The molecule has 6 nitrogen and oxygen atoms in total. The highest BCUT2D eigenvalue weighted by molar-refractivity contribution is 9.10. The van der Waals surface area contributed by atoms with Gasteiger partial charge in [-0.1, -0.05) is 15.9 Å². The van der Waals surface area contributed by atoms with Gasteiger partial charge in [0.25, 0.3) is 5.91 Å². The molecule has 0 aliphatic rings. The number of carboxylic acids is 1. The Hall–Kier alpha value is -1.41. The zero-order valence-corrected chi connectivity index (χ0v) is 14.9. The maximum absolute atomic E-state index is 12.0. The van der Waals surface area contributed by atoms with Gasteiger partial charge in [0.2, 0.25) is 0 Å². The van der Waals surface area contributed by atoms with Crippen molar-refractivity contribution >= 4 is 37.6 Å². The van der Waals surface area contributed by atoms with Crippen molar-refractivity contribution in [1.82, 2.24) is 5.32 Å². The second-order valence-corrected chi connectivity index (χ2v) is 9.50. The van der Waals surface area contributed by atoms with Crippen molar-refractivity contribution in [1.29, 1.82) is 0 Å². The highest BCUT2D eigenvalue weighted by Gasteiger charge is 2.28. The van der Waals surface area contributed by atoms with E-state index >= 15 is 0 Å². The molecule has 0 aliphatic carbocycles. The van der Waals surface area contributed by atoms with E-state index in [4.69, 9.17) is 5.11 Å². The van der Waals surface area contributed by atoms with E-state index < -0.39 is 26.5 Å². The molecule has 2 N–H and O–H groups in total. The number of hydrogen-bond acceptors (Lipinski definition) is 4. The Morgan fingerprint density at radius 1 is 1.18 bits per heavy atom. The summed E-state index contributed by atoms with van der Waals surface area (Å²) in [5.74, 6) is -1.85. The van der Waals surface area contributed by atoms with E-state index in [-0.39, 0.29) is 23.4 Å². The first-order valence-electron chi connectivity index (χ1n) is 6.48. The number of amides is 1. The Balaban J connectivity index is 2.77. The van der Waals surface area contributed by atoms with Gasteiger partial charge < -0.3 is 10.4 Å². The van der Waals surface area contributed by atoms with Crippen LogP contribution in [-0.2, 0) is 9.84 Å². The Bertz CT molecular complexity index is 692. The minimum Gasteiger partial charge on any atom is -0.478 e. The maximum Gasteiger partial charge on any atom is 0.335 e. The van der Waals surface area contributed by atoms with Crippen molar-refractivity contribution in [2.75, 3.05) is 12.3 Å². The van der Waals surface area contributed by atoms with Crippen molar-refractivity contribution < 1.29 is 23.1 Å². The van der Waals surface area contributed by atoms with Crippen LogP contribution in [0.2, 0.25) is 0 Å². The smallest absolute Gasteiger partial charge is 0.335 e. The fraction of sp³-hybridized carbons (Fsp3) is 0.429. The summed E-state index contributed by atoms with van der Waals surface area (Å²) in [6.07, 6.45) is 0. The number of halogens is 1. The molecular weight excluding hydrogens is 374 g/mol. The molecule has 0 spiro atoms. The van der Waals surface area contributed by atoms with Gasteiger partial charge in [0.1, 0.15) is 0 Å². The lowest BCUT2D eigenvalue weighted by Gasteiger charge is -2.19. The Kier molecular flexibility index (Phi) is 5.75. The largest absolute Gasteiger partial charge is 0.478 e. The third kappa shape index (κ3) is 4.81. The fourth-order valence-electron chi connectivity index (χ4n) is 1.55. The van der Waals surface area contributed by atoms with E-state index in [1.807, 2.05) is 0 Å². The average Bonchev–Trinajstić information content (AvgIpc) is 2.36. The van der Waals surface area contributed by atoms with Crippen LogP contribution in [0.4, 0.5) is 0 Å². The molecule has 0 saturated carbocycles. The molecule has 1 amide bonds. The minimum atomic E-state index is -3.32. The molecule has 0 bridgehead atoms. The lowest BCUT2D eigenvalue weighted by molar-refractivity contribution is 0.0696. The van der Waals surface area contributed by atoms with Gasteiger partial charge in [0, 0.05) is 16.6 Å². The Morgan fingerprint density at radius 2 is 1.73 bits per heavy atom.